The molecule has 0 saturated heterocycles. The lowest BCUT2D eigenvalue weighted by molar-refractivity contribution is -0.113. The van der Waals surface area contributed by atoms with Crippen LogP contribution in [-0.2, 0) is 9.59 Å². The molecule has 0 heterocycles. The lowest BCUT2D eigenvalue weighted by Crippen LogP contribution is -2.07. The van der Waals surface area contributed by atoms with Gasteiger partial charge in [0.15, 0.2) is 11.6 Å². The fourth-order valence-electron chi connectivity index (χ4n) is 3.15. The maximum atomic E-state index is 12.2. The highest BCUT2D eigenvalue weighted by molar-refractivity contribution is 6.36. The molecule has 4 rings (SSSR count). The Balaban J connectivity index is 2.10. The molecule has 0 aliphatic heterocycles. The van der Waals surface area contributed by atoms with E-state index in [0.717, 1.165) is 21.5 Å². The van der Waals surface area contributed by atoms with Gasteiger partial charge in [-0.2, -0.15) is 0 Å². The minimum absolute atomic E-state index is 0.200. The Morgan fingerprint density at radius 1 is 0.708 bits per heavy atom. The number of nitrogens with two attached hydrogens (primary N) is 2. The Morgan fingerprint density at radius 2 is 1.46 bits per heavy atom. The van der Waals surface area contributed by atoms with Crippen LogP contribution in [0.2, 0.25) is 0 Å². The van der Waals surface area contributed by atoms with Crippen molar-refractivity contribution >= 4 is 50.1 Å². The number of rotatable bonds is 1. The largest absolute Gasteiger partial charge is 0.399 e. The van der Waals surface area contributed by atoms with Gasteiger partial charge in [0, 0.05) is 16.9 Å². The van der Waals surface area contributed by atoms with Crippen LogP contribution in [0.1, 0.15) is 5.56 Å². The number of benzene rings is 3. The van der Waals surface area contributed by atoms with Gasteiger partial charge in [-0.25, -0.2) is 0 Å². The quantitative estimate of drug-likeness (QED) is 0.410. The van der Waals surface area contributed by atoms with E-state index in [1.54, 1.807) is 6.07 Å². The summed E-state index contributed by atoms with van der Waals surface area (Å²) in [6, 6.07) is 13.2. The fraction of sp³-hybridized carbons (Fsp3) is 0. The van der Waals surface area contributed by atoms with E-state index >= 15 is 0 Å². The van der Waals surface area contributed by atoms with Crippen molar-refractivity contribution < 1.29 is 9.59 Å². The van der Waals surface area contributed by atoms with Crippen molar-refractivity contribution in [3.63, 3.8) is 0 Å². The number of carbonyl (C=O) groups is 2. The second kappa shape index (κ2) is 5.06. The Labute approximate surface area is 138 Å². The Morgan fingerprint density at radius 3 is 2.29 bits per heavy atom. The van der Waals surface area contributed by atoms with E-state index in [4.69, 9.17) is 11.5 Å². The summed E-state index contributed by atoms with van der Waals surface area (Å²) in [7, 11) is 0. The van der Waals surface area contributed by atoms with E-state index in [9.17, 15) is 9.59 Å². The summed E-state index contributed by atoms with van der Waals surface area (Å²) in [6.07, 6.45) is 3.93. The standard InChI is InChI=1S/C20H14N2O2/c21-12-3-1-11-2-5-15-17(16(11)7-12)8-13(22)9-18(15)19-10-14(23)4-6-20(19)24/h1-10H,21-22H2. The highest BCUT2D eigenvalue weighted by Gasteiger charge is 2.18. The van der Waals surface area contributed by atoms with Crippen LogP contribution >= 0.6 is 0 Å². The highest BCUT2D eigenvalue weighted by Crippen LogP contribution is 2.35. The number of nitrogen functional groups attached to an aromatic ring is 2. The molecule has 0 bridgehead atoms. The van der Waals surface area contributed by atoms with Gasteiger partial charge in [-0.3, -0.25) is 9.59 Å². The first-order chi connectivity index (χ1) is 11.5. The molecule has 0 amide bonds. The number of anilines is 2. The maximum absolute atomic E-state index is 12.2. The molecule has 3 aromatic rings. The third-order valence-corrected chi connectivity index (χ3v) is 4.24. The summed E-state index contributed by atoms with van der Waals surface area (Å²) in [5.74, 6) is -0.403. The van der Waals surface area contributed by atoms with Gasteiger partial charge in [-0.1, -0.05) is 18.2 Å². The summed E-state index contributed by atoms with van der Waals surface area (Å²) in [4.78, 5) is 24.0. The van der Waals surface area contributed by atoms with Crippen molar-refractivity contribution in [3.05, 3.63) is 66.3 Å². The number of allylic oxidation sites excluding steroid dienone is 4. The number of hydrogen-bond donors (Lipinski definition) is 2. The van der Waals surface area contributed by atoms with E-state index in [1.807, 2.05) is 36.4 Å². The first kappa shape index (κ1) is 14.2. The van der Waals surface area contributed by atoms with Crippen LogP contribution in [0.4, 0.5) is 11.4 Å². The van der Waals surface area contributed by atoms with E-state index < -0.39 is 0 Å². The number of fused-ring (bicyclic) bond motifs is 3. The molecule has 1 aliphatic carbocycles. The monoisotopic (exact) mass is 314 g/mol. The van der Waals surface area contributed by atoms with Gasteiger partial charge >= 0.3 is 0 Å². The second-order valence-electron chi connectivity index (χ2n) is 5.87. The highest BCUT2D eigenvalue weighted by atomic mass is 16.1. The minimum Gasteiger partial charge on any atom is -0.399 e. The summed E-state index contributed by atoms with van der Waals surface area (Å²) in [5, 5.41) is 3.77. The van der Waals surface area contributed by atoms with Crippen LogP contribution in [-0.4, -0.2) is 11.6 Å². The molecule has 4 N–H and O–H groups in total. The van der Waals surface area contributed by atoms with Crippen molar-refractivity contribution in [2.75, 3.05) is 11.5 Å². The average molecular weight is 314 g/mol. The van der Waals surface area contributed by atoms with Gasteiger partial charge in [0.1, 0.15) is 0 Å². The summed E-state index contributed by atoms with van der Waals surface area (Å²) < 4.78 is 0. The molecular weight excluding hydrogens is 300 g/mol. The van der Waals surface area contributed by atoms with Crippen molar-refractivity contribution in [2.24, 2.45) is 0 Å². The SMILES string of the molecule is Nc1ccc2ccc3c(C4=CC(=O)C=CC4=O)cc(N)cc3c2c1. The smallest absolute Gasteiger partial charge is 0.186 e. The summed E-state index contributed by atoms with van der Waals surface area (Å²) in [5.41, 5.74) is 14.2. The summed E-state index contributed by atoms with van der Waals surface area (Å²) >= 11 is 0. The molecule has 0 unspecified atom stereocenters. The van der Waals surface area contributed by atoms with E-state index in [-0.39, 0.29) is 11.6 Å². The van der Waals surface area contributed by atoms with Crippen molar-refractivity contribution in [1.29, 1.82) is 0 Å². The fourth-order valence-corrected chi connectivity index (χ4v) is 3.15. The molecule has 116 valence electrons. The van der Waals surface area contributed by atoms with Gasteiger partial charge in [-0.15, -0.1) is 0 Å². The molecule has 1 aliphatic rings. The van der Waals surface area contributed by atoms with Crippen molar-refractivity contribution in [1.82, 2.24) is 0 Å². The molecule has 0 saturated carbocycles. The van der Waals surface area contributed by atoms with Crippen LogP contribution in [0, 0.1) is 0 Å². The number of ketones is 2. The van der Waals surface area contributed by atoms with Gasteiger partial charge in [0.2, 0.25) is 0 Å². The van der Waals surface area contributed by atoms with Gasteiger partial charge in [0.25, 0.3) is 0 Å². The van der Waals surface area contributed by atoms with Crippen LogP contribution in [0.15, 0.2) is 60.7 Å². The minimum atomic E-state index is -0.204. The van der Waals surface area contributed by atoms with E-state index in [2.05, 4.69) is 0 Å². The Bertz CT molecular complexity index is 1110. The topological polar surface area (TPSA) is 86.2 Å². The lowest BCUT2D eigenvalue weighted by atomic mass is 9.90. The maximum Gasteiger partial charge on any atom is 0.186 e. The predicted octanol–water partition coefficient (Wildman–Crippen LogP) is 3.25. The molecule has 4 nitrogen and oxygen atoms in total. The zero-order valence-electron chi connectivity index (χ0n) is 12.7. The first-order valence-electron chi connectivity index (χ1n) is 7.53. The molecule has 0 radical (unpaired) electrons. The van der Waals surface area contributed by atoms with Crippen LogP contribution in [0.25, 0.3) is 27.1 Å². The van der Waals surface area contributed by atoms with E-state index in [1.165, 1.54) is 18.2 Å². The molecule has 0 atom stereocenters. The molecule has 4 heteroatoms. The van der Waals surface area contributed by atoms with Crippen LogP contribution in [0.5, 0.6) is 0 Å². The normalized spacial score (nSPS) is 14.4. The number of hydrogen-bond acceptors (Lipinski definition) is 4. The molecule has 3 aromatic carbocycles. The average Bonchev–Trinajstić information content (AvgIpc) is 2.56. The Hall–Kier alpha value is -3.40. The second-order valence-corrected chi connectivity index (χ2v) is 5.87. The summed E-state index contributed by atoms with van der Waals surface area (Å²) in [6.45, 7) is 0. The third kappa shape index (κ3) is 2.16. The first-order valence-corrected chi connectivity index (χ1v) is 7.53. The third-order valence-electron chi connectivity index (χ3n) is 4.24. The van der Waals surface area contributed by atoms with Crippen LogP contribution < -0.4 is 11.5 Å². The van der Waals surface area contributed by atoms with Gasteiger partial charge in [-0.05, 0) is 69.6 Å². The number of carbonyl (C=O) groups excluding carboxylic acids is 2. The van der Waals surface area contributed by atoms with Crippen LogP contribution in [0.3, 0.4) is 0 Å². The zero-order chi connectivity index (χ0) is 16.8. The molecule has 0 fully saturated rings. The predicted molar refractivity (Wildman–Crippen MR) is 97.4 cm³/mol. The zero-order valence-corrected chi connectivity index (χ0v) is 12.7. The molecular formula is C20H14N2O2. The van der Waals surface area contributed by atoms with Crippen molar-refractivity contribution in [2.45, 2.75) is 0 Å². The lowest BCUT2D eigenvalue weighted by Gasteiger charge is -2.14. The van der Waals surface area contributed by atoms with E-state index in [0.29, 0.717) is 22.5 Å². The molecule has 0 spiro atoms. The van der Waals surface area contributed by atoms with Gasteiger partial charge in [0.05, 0.1) is 0 Å². The van der Waals surface area contributed by atoms with Crippen molar-refractivity contribution in [3.8, 4) is 0 Å². The molecule has 24 heavy (non-hydrogen) atoms. The Kier molecular flexibility index (Phi) is 3.00. The molecule has 0 aromatic heterocycles. The van der Waals surface area contributed by atoms with Gasteiger partial charge < -0.3 is 11.5 Å².